The highest BCUT2D eigenvalue weighted by Crippen LogP contribution is 2.18. The summed E-state index contributed by atoms with van der Waals surface area (Å²) < 4.78 is 6.79. The number of hydrogen-bond acceptors (Lipinski definition) is 7. The van der Waals surface area contributed by atoms with Crippen molar-refractivity contribution in [2.24, 2.45) is 12.8 Å². The van der Waals surface area contributed by atoms with Gasteiger partial charge in [-0.3, -0.25) is 9.48 Å². The molecule has 0 aliphatic rings. The summed E-state index contributed by atoms with van der Waals surface area (Å²) in [5.74, 6) is 0.863. The van der Waals surface area contributed by atoms with Gasteiger partial charge in [-0.1, -0.05) is 12.1 Å². The molecule has 1 amide bonds. The quantitative estimate of drug-likeness (QED) is 0.591. The van der Waals surface area contributed by atoms with Crippen LogP contribution in [0.25, 0.3) is 0 Å². The van der Waals surface area contributed by atoms with Crippen LogP contribution in [0, 0.1) is 0 Å². The Kier molecular flexibility index (Phi) is 4.97. The normalized spacial score (nSPS) is 10.4. The summed E-state index contributed by atoms with van der Waals surface area (Å²) in [6.07, 6.45) is 4.83. The van der Waals surface area contributed by atoms with Crippen LogP contribution in [0.1, 0.15) is 15.9 Å². The molecule has 0 spiro atoms. The number of benzene rings is 1. The van der Waals surface area contributed by atoms with E-state index in [1.54, 1.807) is 24.2 Å². The Balaban J connectivity index is 1.78. The van der Waals surface area contributed by atoms with Crippen LogP contribution in [-0.2, 0) is 13.6 Å². The minimum absolute atomic E-state index is 0.218. The van der Waals surface area contributed by atoms with Crippen LogP contribution < -0.4 is 21.1 Å². The third-order valence-corrected chi connectivity index (χ3v) is 3.63. The van der Waals surface area contributed by atoms with Gasteiger partial charge in [0.15, 0.2) is 0 Å². The van der Waals surface area contributed by atoms with Gasteiger partial charge in [0.1, 0.15) is 11.6 Å². The van der Waals surface area contributed by atoms with Crippen molar-refractivity contribution in [3.05, 3.63) is 54.0 Å². The fourth-order valence-corrected chi connectivity index (χ4v) is 2.30. The van der Waals surface area contributed by atoms with E-state index in [4.69, 9.17) is 10.5 Å². The largest absolute Gasteiger partial charge is 0.497 e. The van der Waals surface area contributed by atoms with Crippen molar-refractivity contribution in [1.29, 1.82) is 0 Å². The third-order valence-electron chi connectivity index (χ3n) is 3.63. The Bertz CT molecular complexity index is 906. The number of nitrogens with zero attached hydrogens (tertiary/aromatic N) is 4. The molecule has 0 aliphatic carbocycles. The number of anilines is 3. The van der Waals surface area contributed by atoms with Crippen LogP contribution in [0.3, 0.4) is 0 Å². The minimum Gasteiger partial charge on any atom is -0.497 e. The van der Waals surface area contributed by atoms with E-state index in [0.29, 0.717) is 18.3 Å². The van der Waals surface area contributed by atoms with Gasteiger partial charge in [0.25, 0.3) is 5.91 Å². The number of nitrogens with two attached hydrogens (primary N) is 1. The summed E-state index contributed by atoms with van der Waals surface area (Å²) >= 11 is 0. The summed E-state index contributed by atoms with van der Waals surface area (Å²) in [5.41, 5.74) is 7.37. The maximum absolute atomic E-state index is 11.6. The number of nitrogens with one attached hydrogen (secondary N) is 2. The number of aryl methyl sites for hydroxylation is 1. The fourth-order valence-electron chi connectivity index (χ4n) is 2.30. The average Bonchev–Trinajstić information content (AvgIpc) is 3.05. The zero-order valence-electron chi connectivity index (χ0n) is 14.4. The summed E-state index contributed by atoms with van der Waals surface area (Å²) in [6.45, 7) is 0.466. The van der Waals surface area contributed by atoms with Gasteiger partial charge in [0, 0.05) is 26.0 Å². The van der Waals surface area contributed by atoms with Crippen molar-refractivity contribution in [3.8, 4) is 5.75 Å². The van der Waals surface area contributed by atoms with Crippen molar-refractivity contribution in [2.45, 2.75) is 6.54 Å². The van der Waals surface area contributed by atoms with E-state index in [9.17, 15) is 4.79 Å². The molecule has 0 saturated carbocycles. The molecule has 0 unspecified atom stereocenters. The second kappa shape index (κ2) is 7.51. The van der Waals surface area contributed by atoms with Gasteiger partial charge >= 0.3 is 0 Å². The van der Waals surface area contributed by atoms with E-state index in [2.05, 4.69) is 25.7 Å². The standard InChI is InChI=1S/C17H19N7O2/c1-24-10-12(8-21-24)22-17-20-9-14(15(18)25)16(23-17)19-7-11-3-5-13(26-2)6-4-11/h3-6,8-10H,7H2,1-2H3,(H2,18,25)(H2,19,20,22,23). The third kappa shape index (κ3) is 4.07. The smallest absolute Gasteiger partial charge is 0.254 e. The van der Waals surface area contributed by atoms with Crippen molar-refractivity contribution in [1.82, 2.24) is 19.7 Å². The molecule has 9 nitrogen and oxygen atoms in total. The first-order valence-electron chi connectivity index (χ1n) is 7.84. The lowest BCUT2D eigenvalue weighted by atomic mass is 10.2. The van der Waals surface area contributed by atoms with Gasteiger partial charge in [-0.25, -0.2) is 4.98 Å². The van der Waals surface area contributed by atoms with Gasteiger partial charge in [0.2, 0.25) is 5.95 Å². The van der Waals surface area contributed by atoms with Crippen molar-refractivity contribution < 1.29 is 9.53 Å². The first kappa shape index (κ1) is 17.2. The Morgan fingerprint density at radius 2 is 2.04 bits per heavy atom. The molecule has 2 heterocycles. The van der Waals surface area contributed by atoms with E-state index in [1.807, 2.05) is 31.3 Å². The zero-order chi connectivity index (χ0) is 18.5. The predicted molar refractivity (Wildman–Crippen MR) is 97.4 cm³/mol. The van der Waals surface area contributed by atoms with E-state index in [-0.39, 0.29) is 5.56 Å². The lowest BCUT2D eigenvalue weighted by Crippen LogP contribution is -2.17. The van der Waals surface area contributed by atoms with Crippen molar-refractivity contribution in [3.63, 3.8) is 0 Å². The van der Waals surface area contributed by atoms with Crippen molar-refractivity contribution in [2.75, 3.05) is 17.7 Å². The van der Waals surface area contributed by atoms with Crippen molar-refractivity contribution >= 4 is 23.4 Å². The SMILES string of the molecule is COc1ccc(CNc2nc(Nc3cnn(C)c3)ncc2C(N)=O)cc1. The molecule has 134 valence electrons. The molecule has 0 aliphatic heterocycles. The van der Waals surface area contributed by atoms with E-state index >= 15 is 0 Å². The molecule has 0 fully saturated rings. The number of carbonyl (C=O) groups is 1. The van der Waals surface area contributed by atoms with Crippen LogP contribution in [0.4, 0.5) is 17.5 Å². The molecule has 0 saturated heterocycles. The van der Waals surface area contributed by atoms with E-state index in [0.717, 1.165) is 17.0 Å². The van der Waals surface area contributed by atoms with Gasteiger partial charge < -0.3 is 21.1 Å². The molecule has 0 radical (unpaired) electrons. The number of amides is 1. The van der Waals surface area contributed by atoms with Gasteiger partial charge in [-0.05, 0) is 17.7 Å². The zero-order valence-corrected chi connectivity index (χ0v) is 14.4. The number of ether oxygens (including phenoxy) is 1. The lowest BCUT2D eigenvalue weighted by molar-refractivity contribution is 0.100. The van der Waals surface area contributed by atoms with Crippen LogP contribution >= 0.6 is 0 Å². The van der Waals surface area contributed by atoms with Crippen LogP contribution in [0.15, 0.2) is 42.9 Å². The Labute approximate surface area is 150 Å². The molecule has 3 rings (SSSR count). The van der Waals surface area contributed by atoms with Crippen LogP contribution in [0.5, 0.6) is 5.75 Å². The molecular weight excluding hydrogens is 334 g/mol. The number of primary amides is 1. The molecular formula is C17H19N7O2. The summed E-state index contributed by atoms with van der Waals surface area (Å²) in [5, 5.41) is 10.2. The molecule has 3 aromatic rings. The fraction of sp³-hybridized carbons (Fsp3) is 0.176. The maximum Gasteiger partial charge on any atom is 0.254 e. The Morgan fingerprint density at radius 1 is 1.27 bits per heavy atom. The van der Waals surface area contributed by atoms with Gasteiger partial charge in [-0.2, -0.15) is 10.1 Å². The van der Waals surface area contributed by atoms with Gasteiger partial charge in [-0.15, -0.1) is 0 Å². The van der Waals surface area contributed by atoms with Crippen LogP contribution in [-0.4, -0.2) is 32.8 Å². The molecule has 1 aromatic carbocycles. The van der Waals surface area contributed by atoms with E-state index < -0.39 is 5.91 Å². The molecule has 9 heteroatoms. The Hall–Kier alpha value is -3.62. The molecule has 2 aromatic heterocycles. The highest BCUT2D eigenvalue weighted by Gasteiger charge is 2.12. The Morgan fingerprint density at radius 3 is 2.65 bits per heavy atom. The summed E-state index contributed by atoms with van der Waals surface area (Å²) in [6, 6.07) is 7.57. The molecule has 26 heavy (non-hydrogen) atoms. The number of carbonyl (C=O) groups excluding carboxylic acids is 1. The first-order valence-corrected chi connectivity index (χ1v) is 7.84. The highest BCUT2D eigenvalue weighted by molar-refractivity contribution is 5.97. The number of hydrogen-bond donors (Lipinski definition) is 3. The minimum atomic E-state index is -0.602. The molecule has 4 N–H and O–H groups in total. The molecule has 0 atom stereocenters. The number of methoxy groups -OCH3 is 1. The van der Waals surface area contributed by atoms with E-state index in [1.165, 1.54) is 6.20 Å². The first-order chi connectivity index (χ1) is 12.5. The maximum atomic E-state index is 11.6. The lowest BCUT2D eigenvalue weighted by Gasteiger charge is -2.11. The summed E-state index contributed by atoms with van der Waals surface area (Å²) in [4.78, 5) is 20.1. The second-order valence-corrected chi connectivity index (χ2v) is 5.55. The number of rotatable bonds is 7. The number of aromatic nitrogens is 4. The van der Waals surface area contributed by atoms with Gasteiger partial charge in [0.05, 0.1) is 24.6 Å². The molecule has 0 bridgehead atoms. The average molecular weight is 353 g/mol. The highest BCUT2D eigenvalue weighted by atomic mass is 16.5. The van der Waals surface area contributed by atoms with Crippen LogP contribution in [0.2, 0.25) is 0 Å². The predicted octanol–water partition coefficient (Wildman–Crippen LogP) is 1.67. The topological polar surface area (TPSA) is 120 Å². The summed E-state index contributed by atoms with van der Waals surface area (Å²) in [7, 11) is 3.42. The monoisotopic (exact) mass is 353 g/mol. The second-order valence-electron chi connectivity index (χ2n) is 5.55.